The number of fused-ring (bicyclic) bond motifs is 1. The van der Waals surface area contributed by atoms with Gasteiger partial charge in [-0.1, -0.05) is 72.8 Å². The van der Waals surface area contributed by atoms with Gasteiger partial charge in [0.25, 0.3) is 0 Å². The van der Waals surface area contributed by atoms with E-state index < -0.39 is 0 Å². The fraction of sp³-hybridized carbons (Fsp3) is 0.156. The van der Waals surface area contributed by atoms with Gasteiger partial charge >= 0.3 is 0 Å². The van der Waals surface area contributed by atoms with Crippen molar-refractivity contribution in [2.75, 3.05) is 7.11 Å². The lowest BCUT2D eigenvalue weighted by Gasteiger charge is -2.19. The van der Waals surface area contributed by atoms with Gasteiger partial charge in [-0.05, 0) is 52.6 Å². The number of methoxy groups -OCH3 is 1. The molecule has 0 aliphatic heterocycles. The van der Waals surface area contributed by atoms with Gasteiger partial charge in [0.1, 0.15) is 18.1 Å². The van der Waals surface area contributed by atoms with E-state index >= 15 is 0 Å². The number of carbonyl (C=O) groups is 1. The first-order chi connectivity index (χ1) is 18.2. The molecule has 37 heavy (non-hydrogen) atoms. The van der Waals surface area contributed by atoms with E-state index in [-0.39, 0.29) is 11.8 Å². The number of nitrogens with one attached hydrogen (secondary N) is 2. The molecule has 0 spiro atoms. The topological polar surface area (TPSA) is 63.4 Å². The van der Waals surface area contributed by atoms with Crippen LogP contribution >= 0.6 is 0 Å². The van der Waals surface area contributed by atoms with Gasteiger partial charge in [0.15, 0.2) is 0 Å². The van der Waals surface area contributed by atoms with Gasteiger partial charge in [-0.3, -0.25) is 4.79 Å². The normalized spacial score (nSPS) is 11.7. The summed E-state index contributed by atoms with van der Waals surface area (Å²) >= 11 is 0. The Morgan fingerprint density at radius 1 is 0.838 bits per heavy atom. The first kappa shape index (κ1) is 24.2. The molecule has 186 valence electrons. The maximum absolute atomic E-state index is 13.2. The molecule has 0 aliphatic carbocycles. The minimum atomic E-state index is -0.170. The summed E-state index contributed by atoms with van der Waals surface area (Å²) in [6.45, 7) is 0.977. The predicted octanol–water partition coefficient (Wildman–Crippen LogP) is 6.59. The maximum Gasteiger partial charge on any atom is 0.221 e. The molecule has 0 radical (unpaired) electrons. The van der Waals surface area contributed by atoms with Crippen LogP contribution in [0, 0.1) is 0 Å². The van der Waals surface area contributed by atoms with Crippen molar-refractivity contribution in [3.05, 3.63) is 132 Å². The zero-order valence-corrected chi connectivity index (χ0v) is 20.8. The van der Waals surface area contributed by atoms with E-state index in [1.165, 1.54) is 0 Å². The summed E-state index contributed by atoms with van der Waals surface area (Å²) in [4.78, 5) is 16.5. The number of carbonyl (C=O) groups excluding carboxylic acids is 1. The number of ether oxygens (including phenoxy) is 2. The van der Waals surface area contributed by atoms with Gasteiger partial charge < -0.3 is 19.8 Å². The van der Waals surface area contributed by atoms with E-state index in [0.29, 0.717) is 19.6 Å². The Bertz CT molecular complexity index is 1460. The third-order valence-corrected chi connectivity index (χ3v) is 6.53. The van der Waals surface area contributed by atoms with E-state index in [4.69, 9.17) is 9.47 Å². The quantitative estimate of drug-likeness (QED) is 0.232. The Labute approximate surface area is 217 Å². The Morgan fingerprint density at radius 3 is 2.35 bits per heavy atom. The highest BCUT2D eigenvalue weighted by Gasteiger charge is 2.22. The predicted molar refractivity (Wildman–Crippen MR) is 147 cm³/mol. The molecule has 5 rings (SSSR count). The van der Waals surface area contributed by atoms with Crippen LogP contribution in [0.3, 0.4) is 0 Å². The molecule has 5 aromatic rings. The van der Waals surface area contributed by atoms with Crippen LogP contribution < -0.4 is 14.8 Å². The maximum atomic E-state index is 13.2. The first-order valence-corrected chi connectivity index (χ1v) is 12.4. The summed E-state index contributed by atoms with van der Waals surface area (Å²) in [6, 6.07) is 34.0. The van der Waals surface area contributed by atoms with Crippen LogP contribution in [0.5, 0.6) is 11.5 Å². The summed E-state index contributed by atoms with van der Waals surface area (Å²) in [5, 5.41) is 4.13. The van der Waals surface area contributed by atoms with E-state index in [2.05, 4.69) is 16.4 Å². The third-order valence-electron chi connectivity index (χ3n) is 6.53. The second-order valence-corrected chi connectivity index (χ2v) is 9.02. The van der Waals surface area contributed by atoms with Crippen LogP contribution in [-0.4, -0.2) is 18.0 Å². The van der Waals surface area contributed by atoms with E-state index in [9.17, 15) is 4.79 Å². The Hall–Kier alpha value is -4.51. The van der Waals surface area contributed by atoms with Crippen molar-refractivity contribution in [2.45, 2.75) is 25.5 Å². The van der Waals surface area contributed by atoms with Crippen LogP contribution in [0.25, 0.3) is 10.9 Å². The van der Waals surface area contributed by atoms with Crippen LogP contribution in [0.2, 0.25) is 0 Å². The Kier molecular flexibility index (Phi) is 7.51. The van der Waals surface area contributed by atoms with Gasteiger partial charge in [0.05, 0.1) is 7.11 Å². The summed E-state index contributed by atoms with van der Waals surface area (Å²) in [5.41, 5.74) is 5.24. The highest BCUT2D eigenvalue weighted by atomic mass is 16.5. The molecular weight excluding hydrogens is 460 g/mol. The van der Waals surface area contributed by atoms with Gasteiger partial charge in [-0.2, -0.15) is 0 Å². The van der Waals surface area contributed by atoms with Crippen molar-refractivity contribution < 1.29 is 14.3 Å². The number of H-pyrrole nitrogens is 1. The monoisotopic (exact) mass is 490 g/mol. The molecule has 5 heteroatoms. The highest BCUT2D eigenvalue weighted by Crippen LogP contribution is 2.36. The lowest BCUT2D eigenvalue weighted by atomic mass is 9.87. The van der Waals surface area contributed by atoms with E-state index in [1.54, 1.807) is 7.11 Å². The number of amides is 1. The molecule has 5 nitrogen and oxygen atoms in total. The zero-order valence-electron chi connectivity index (χ0n) is 20.8. The van der Waals surface area contributed by atoms with Gasteiger partial charge in [0.2, 0.25) is 5.91 Å². The summed E-state index contributed by atoms with van der Waals surface area (Å²) in [5.74, 6) is 1.37. The van der Waals surface area contributed by atoms with Crippen molar-refractivity contribution in [1.29, 1.82) is 0 Å². The lowest BCUT2D eigenvalue weighted by molar-refractivity contribution is -0.121. The van der Waals surface area contributed by atoms with Crippen LogP contribution in [0.1, 0.15) is 34.6 Å². The molecule has 1 aromatic heterocycles. The average Bonchev–Trinajstić information content (AvgIpc) is 3.38. The number of aromatic nitrogens is 1. The SMILES string of the molecule is COc1ccc2[nH]cc([C@@H](CC(=O)NCc3ccccc3)c3cccc(OCc4ccccc4)c3)c2c1. The lowest BCUT2D eigenvalue weighted by Crippen LogP contribution is -2.25. The Balaban J connectivity index is 1.43. The van der Waals surface area contributed by atoms with Crippen molar-refractivity contribution >= 4 is 16.8 Å². The Morgan fingerprint density at radius 2 is 1.59 bits per heavy atom. The summed E-state index contributed by atoms with van der Waals surface area (Å²) in [6.07, 6.45) is 2.30. The van der Waals surface area contributed by atoms with Crippen molar-refractivity contribution in [2.24, 2.45) is 0 Å². The molecule has 2 N–H and O–H groups in total. The van der Waals surface area contributed by atoms with E-state index in [1.807, 2.05) is 103 Å². The number of benzene rings is 4. The number of rotatable bonds is 10. The molecule has 1 heterocycles. The standard InChI is InChI=1S/C32H30N2O3/c1-36-26-15-16-31-29(18-26)30(21-33-31)28(19-32(35)34-20-23-9-4-2-5-10-23)25-13-8-14-27(17-25)37-22-24-11-6-3-7-12-24/h2-18,21,28,33H,19-20,22H2,1H3,(H,34,35)/t28-/m0/s1. The van der Waals surface area contributed by atoms with Gasteiger partial charge in [0, 0.05) is 36.0 Å². The van der Waals surface area contributed by atoms with Crippen LogP contribution in [0.15, 0.2) is 109 Å². The third kappa shape index (κ3) is 6.01. The second-order valence-electron chi connectivity index (χ2n) is 9.02. The highest BCUT2D eigenvalue weighted by molar-refractivity contribution is 5.87. The van der Waals surface area contributed by atoms with Crippen molar-refractivity contribution in [1.82, 2.24) is 10.3 Å². The fourth-order valence-corrected chi connectivity index (χ4v) is 4.56. The van der Waals surface area contributed by atoms with E-state index in [0.717, 1.165) is 44.7 Å². The molecule has 0 aliphatic rings. The van der Waals surface area contributed by atoms with Crippen LogP contribution in [0.4, 0.5) is 0 Å². The van der Waals surface area contributed by atoms with Crippen molar-refractivity contribution in [3.63, 3.8) is 0 Å². The molecule has 0 saturated carbocycles. The summed E-state index contributed by atoms with van der Waals surface area (Å²) < 4.78 is 11.6. The minimum Gasteiger partial charge on any atom is -0.497 e. The molecule has 1 amide bonds. The molecule has 0 fully saturated rings. The summed E-state index contributed by atoms with van der Waals surface area (Å²) in [7, 11) is 1.66. The molecule has 4 aromatic carbocycles. The molecule has 0 unspecified atom stereocenters. The number of hydrogen-bond acceptors (Lipinski definition) is 3. The average molecular weight is 491 g/mol. The second kappa shape index (κ2) is 11.5. The molecule has 0 bridgehead atoms. The molecular formula is C32H30N2O3. The molecule has 1 atom stereocenters. The number of hydrogen-bond donors (Lipinski definition) is 2. The minimum absolute atomic E-state index is 0.0123. The molecule has 0 saturated heterocycles. The van der Waals surface area contributed by atoms with Gasteiger partial charge in [-0.25, -0.2) is 0 Å². The number of aromatic amines is 1. The smallest absolute Gasteiger partial charge is 0.221 e. The largest absolute Gasteiger partial charge is 0.497 e. The zero-order chi connectivity index (χ0) is 25.5. The van der Waals surface area contributed by atoms with Gasteiger partial charge in [-0.15, -0.1) is 0 Å². The fourth-order valence-electron chi connectivity index (χ4n) is 4.56. The van der Waals surface area contributed by atoms with Crippen LogP contribution in [-0.2, 0) is 17.9 Å². The first-order valence-electron chi connectivity index (χ1n) is 12.4. The van der Waals surface area contributed by atoms with Crippen molar-refractivity contribution in [3.8, 4) is 11.5 Å².